The van der Waals surface area contributed by atoms with Gasteiger partial charge in [-0.05, 0) is 26.7 Å². The van der Waals surface area contributed by atoms with E-state index < -0.39 is 0 Å². The Hall–Kier alpha value is -0.340. The summed E-state index contributed by atoms with van der Waals surface area (Å²) in [6.45, 7) is 7.06. The predicted molar refractivity (Wildman–Crippen MR) is 51.3 cm³/mol. The number of hydrogen-bond donors (Lipinski definition) is 1. The molecule has 1 aliphatic heterocycles. The maximum Gasteiger partial charge on any atom is 0.0619 e. The third-order valence-corrected chi connectivity index (χ3v) is 2.08. The number of hydrogen-bond acceptors (Lipinski definition) is 2. The summed E-state index contributed by atoms with van der Waals surface area (Å²) >= 11 is 0. The van der Waals surface area contributed by atoms with Gasteiger partial charge in [0.25, 0.3) is 0 Å². The molecule has 1 heterocycles. The standard InChI is InChI=1S/C10H19NO/c1-9(2)5-6-11-10-4-3-7-12-8-10/h5,10-11H,3-4,6-8H2,1-2H3. The van der Waals surface area contributed by atoms with Gasteiger partial charge in [-0.2, -0.15) is 0 Å². The lowest BCUT2D eigenvalue weighted by atomic mass is 10.1. The number of ether oxygens (including phenoxy) is 1. The van der Waals surface area contributed by atoms with Gasteiger partial charge in [0.1, 0.15) is 0 Å². The smallest absolute Gasteiger partial charge is 0.0619 e. The SMILES string of the molecule is CC(C)=CCNC1CCCOC1. The van der Waals surface area contributed by atoms with Gasteiger partial charge in [0.15, 0.2) is 0 Å². The van der Waals surface area contributed by atoms with Crippen LogP contribution in [0.1, 0.15) is 26.7 Å². The molecule has 1 atom stereocenters. The van der Waals surface area contributed by atoms with Gasteiger partial charge in [-0.25, -0.2) is 0 Å². The van der Waals surface area contributed by atoms with Crippen molar-refractivity contribution in [3.63, 3.8) is 0 Å². The molecule has 0 spiro atoms. The van der Waals surface area contributed by atoms with Crippen molar-refractivity contribution in [2.75, 3.05) is 19.8 Å². The molecule has 1 rings (SSSR count). The van der Waals surface area contributed by atoms with Crippen molar-refractivity contribution in [3.05, 3.63) is 11.6 Å². The highest BCUT2D eigenvalue weighted by Crippen LogP contribution is 2.05. The third-order valence-electron chi connectivity index (χ3n) is 2.08. The van der Waals surface area contributed by atoms with Crippen molar-refractivity contribution in [3.8, 4) is 0 Å². The summed E-state index contributed by atoms with van der Waals surface area (Å²) in [5.74, 6) is 0. The van der Waals surface area contributed by atoms with Gasteiger partial charge in [-0.1, -0.05) is 11.6 Å². The monoisotopic (exact) mass is 169 g/mol. The minimum Gasteiger partial charge on any atom is -0.380 e. The normalized spacial score (nSPS) is 23.7. The fourth-order valence-corrected chi connectivity index (χ4v) is 1.33. The second-order valence-electron chi connectivity index (χ2n) is 3.60. The van der Waals surface area contributed by atoms with Crippen molar-refractivity contribution in [1.29, 1.82) is 0 Å². The second kappa shape index (κ2) is 5.33. The maximum atomic E-state index is 5.36. The average Bonchev–Trinajstić information content (AvgIpc) is 2.05. The van der Waals surface area contributed by atoms with Gasteiger partial charge in [0.05, 0.1) is 6.61 Å². The highest BCUT2D eigenvalue weighted by atomic mass is 16.5. The van der Waals surface area contributed by atoms with Crippen molar-refractivity contribution in [1.82, 2.24) is 5.32 Å². The summed E-state index contributed by atoms with van der Waals surface area (Å²) in [5, 5.41) is 3.45. The molecule has 1 N–H and O–H groups in total. The molecule has 2 nitrogen and oxygen atoms in total. The summed E-state index contributed by atoms with van der Waals surface area (Å²) in [6.07, 6.45) is 4.68. The summed E-state index contributed by atoms with van der Waals surface area (Å²) in [5.41, 5.74) is 1.37. The zero-order valence-corrected chi connectivity index (χ0v) is 8.10. The maximum absolute atomic E-state index is 5.36. The molecule has 0 aromatic rings. The van der Waals surface area contributed by atoms with E-state index in [4.69, 9.17) is 4.74 Å². The molecule has 1 aliphatic rings. The van der Waals surface area contributed by atoms with Crippen LogP contribution in [0.25, 0.3) is 0 Å². The largest absolute Gasteiger partial charge is 0.380 e. The number of allylic oxidation sites excluding steroid dienone is 1. The first-order chi connectivity index (χ1) is 5.79. The second-order valence-corrected chi connectivity index (χ2v) is 3.60. The van der Waals surface area contributed by atoms with Gasteiger partial charge in [-0.15, -0.1) is 0 Å². The molecular formula is C10H19NO. The van der Waals surface area contributed by atoms with Gasteiger partial charge in [-0.3, -0.25) is 0 Å². The molecule has 1 fully saturated rings. The fraction of sp³-hybridized carbons (Fsp3) is 0.800. The molecule has 70 valence electrons. The van der Waals surface area contributed by atoms with E-state index in [1.807, 2.05) is 0 Å². The van der Waals surface area contributed by atoms with Crippen molar-refractivity contribution in [2.24, 2.45) is 0 Å². The lowest BCUT2D eigenvalue weighted by molar-refractivity contribution is 0.0717. The van der Waals surface area contributed by atoms with E-state index in [-0.39, 0.29) is 0 Å². The van der Waals surface area contributed by atoms with E-state index in [1.54, 1.807) is 0 Å². The summed E-state index contributed by atoms with van der Waals surface area (Å²) in [6, 6.07) is 0.578. The van der Waals surface area contributed by atoms with Crippen molar-refractivity contribution < 1.29 is 4.74 Å². The minimum atomic E-state index is 0.578. The average molecular weight is 169 g/mol. The zero-order valence-electron chi connectivity index (χ0n) is 8.10. The van der Waals surface area contributed by atoms with Crippen LogP contribution in [0.15, 0.2) is 11.6 Å². The van der Waals surface area contributed by atoms with E-state index in [0.29, 0.717) is 6.04 Å². The lowest BCUT2D eigenvalue weighted by Gasteiger charge is -2.22. The Morgan fingerprint density at radius 2 is 2.42 bits per heavy atom. The van der Waals surface area contributed by atoms with Crippen LogP contribution in [-0.2, 0) is 4.74 Å². The first-order valence-electron chi connectivity index (χ1n) is 4.73. The van der Waals surface area contributed by atoms with Crippen molar-refractivity contribution in [2.45, 2.75) is 32.7 Å². The Morgan fingerprint density at radius 3 is 3.00 bits per heavy atom. The van der Waals surface area contributed by atoms with E-state index in [9.17, 15) is 0 Å². The highest BCUT2D eigenvalue weighted by molar-refractivity contribution is 4.94. The molecule has 12 heavy (non-hydrogen) atoms. The quantitative estimate of drug-likeness (QED) is 0.649. The summed E-state index contributed by atoms with van der Waals surface area (Å²) in [4.78, 5) is 0. The van der Waals surface area contributed by atoms with Crippen LogP contribution in [0.5, 0.6) is 0 Å². The Bertz CT molecular complexity index is 144. The van der Waals surface area contributed by atoms with Crippen LogP contribution in [-0.4, -0.2) is 25.8 Å². The topological polar surface area (TPSA) is 21.3 Å². The molecule has 0 amide bonds. The Labute approximate surface area is 75.0 Å². The number of rotatable bonds is 3. The Morgan fingerprint density at radius 1 is 1.58 bits per heavy atom. The van der Waals surface area contributed by atoms with E-state index >= 15 is 0 Å². The van der Waals surface area contributed by atoms with Gasteiger partial charge in [0, 0.05) is 19.2 Å². The van der Waals surface area contributed by atoms with Crippen LogP contribution >= 0.6 is 0 Å². The third kappa shape index (κ3) is 3.88. The molecule has 0 radical (unpaired) electrons. The molecule has 0 saturated carbocycles. The predicted octanol–water partition coefficient (Wildman–Crippen LogP) is 1.72. The zero-order chi connectivity index (χ0) is 8.81. The van der Waals surface area contributed by atoms with Crippen LogP contribution in [0.2, 0.25) is 0 Å². The molecule has 0 aromatic carbocycles. The molecule has 0 aromatic heterocycles. The van der Waals surface area contributed by atoms with Gasteiger partial charge >= 0.3 is 0 Å². The van der Waals surface area contributed by atoms with Crippen LogP contribution in [0.3, 0.4) is 0 Å². The first kappa shape index (κ1) is 9.75. The minimum absolute atomic E-state index is 0.578. The summed E-state index contributed by atoms with van der Waals surface area (Å²) in [7, 11) is 0. The van der Waals surface area contributed by atoms with Crippen LogP contribution in [0.4, 0.5) is 0 Å². The fourth-order valence-electron chi connectivity index (χ4n) is 1.33. The highest BCUT2D eigenvalue weighted by Gasteiger charge is 2.11. The van der Waals surface area contributed by atoms with Crippen LogP contribution < -0.4 is 5.32 Å². The Kier molecular flexibility index (Phi) is 4.33. The number of nitrogens with one attached hydrogen (secondary N) is 1. The molecular weight excluding hydrogens is 150 g/mol. The lowest BCUT2D eigenvalue weighted by Crippen LogP contribution is -2.36. The van der Waals surface area contributed by atoms with Gasteiger partial charge in [0.2, 0.25) is 0 Å². The first-order valence-corrected chi connectivity index (χ1v) is 4.73. The molecule has 0 bridgehead atoms. The summed E-state index contributed by atoms with van der Waals surface area (Å²) < 4.78 is 5.36. The van der Waals surface area contributed by atoms with E-state index in [0.717, 1.165) is 19.8 Å². The van der Waals surface area contributed by atoms with Gasteiger partial charge < -0.3 is 10.1 Å². The van der Waals surface area contributed by atoms with Crippen LogP contribution in [0, 0.1) is 0 Å². The Balaban J connectivity index is 2.09. The molecule has 0 aliphatic carbocycles. The molecule has 1 unspecified atom stereocenters. The molecule has 1 saturated heterocycles. The van der Waals surface area contributed by atoms with E-state index in [1.165, 1.54) is 18.4 Å². The molecule has 2 heteroatoms. The van der Waals surface area contributed by atoms with Crippen molar-refractivity contribution >= 4 is 0 Å². The van der Waals surface area contributed by atoms with E-state index in [2.05, 4.69) is 25.2 Å².